The summed E-state index contributed by atoms with van der Waals surface area (Å²) < 4.78 is 24.6. The van der Waals surface area contributed by atoms with E-state index in [9.17, 15) is 4.39 Å². The second-order valence-corrected chi connectivity index (χ2v) is 5.15. The fourth-order valence-electron chi connectivity index (χ4n) is 1.94. The van der Waals surface area contributed by atoms with E-state index in [4.69, 9.17) is 26.8 Å². The Morgan fingerprint density at radius 2 is 2.00 bits per heavy atom. The zero-order valence-electron chi connectivity index (χ0n) is 11.9. The van der Waals surface area contributed by atoms with Crippen molar-refractivity contribution in [2.24, 2.45) is 5.73 Å². The van der Waals surface area contributed by atoms with Crippen molar-refractivity contribution in [3.8, 4) is 11.5 Å². The molecular formula is C16H17ClFNO2. The summed E-state index contributed by atoms with van der Waals surface area (Å²) in [6.45, 7) is 1.95. The van der Waals surface area contributed by atoms with Crippen LogP contribution in [0.4, 0.5) is 4.39 Å². The summed E-state index contributed by atoms with van der Waals surface area (Å²) in [4.78, 5) is 0. The van der Waals surface area contributed by atoms with E-state index in [0.29, 0.717) is 22.1 Å². The molecule has 2 rings (SSSR count). The predicted octanol–water partition coefficient (Wildman–Crippen LogP) is 4.09. The molecule has 0 aliphatic heterocycles. The molecule has 0 aliphatic carbocycles. The van der Waals surface area contributed by atoms with Crippen molar-refractivity contribution in [2.75, 3.05) is 7.11 Å². The van der Waals surface area contributed by atoms with Crippen LogP contribution in [-0.2, 0) is 6.61 Å². The molecule has 0 saturated heterocycles. The molecule has 0 fully saturated rings. The Kier molecular flexibility index (Phi) is 5.04. The van der Waals surface area contributed by atoms with E-state index in [-0.39, 0.29) is 12.6 Å². The van der Waals surface area contributed by atoms with Crippen LogP contribution in [0.5, 0.6) is 11.5 Å². The second kappa shape index (κ2) is 6.78. The lowest BCUT2D eigenvalue weighted by Gasteiger charge is -2.15. The van der Waals surface area contributed by atoms with Gasteiger partial charge in [-0.3, -0.25) is 0 Å². The van der Waals surface area contributed by atoms with Crippen molar-refractivity contribution >= 4 is 11.6 Å². The van der Waals surface area contributed by atoms with Crippen molar-refractivity contribution in [1.82, 2.24) is 0 Å². The number of hydrogen-bond donors (Lipinski definition) is 1. The van der Waals surface area contributed by atoms with Crippen LogP contribution in [0.3, 0.4) is 0 Å². The predicted molar refractivity (Wildman–Crippen MR) is 81.3 cm³/mol. The van der Waals surface area contributed by atoms with Gasteiger partial charge < -0.3 is 15.2 Å². The van der Waals surface area contributed by atoms with Crippen molar-refractivity contribution in [3.05, 3.63) is 58.4 Å². The molecular weight excluding hydrogens is 293 g/mol. The smallest absolute Gasteiger partial charge is 0.131 e. The number of hydrogen-bond acceptors (Lipinski definition) is 3. The molecule has 2 aromatic rings. The lowest BCUT2D eigenvalue weighted by atomic mass is 10.1. The molecule has 3 nitrogen and oxygen atoms in total. The van der Waals surface area contributed by atoms with E-state index in [0.717, 1.165) is 5.56 Å². The monoisotopic (exact) mass is 309 g/mol. The first kappa shape index (κ1) is 15.6. The van der Waals surface area contributed by atoms with Gasteiger partial charge >= 0.3 is 0 Å². The van der Waals surface area contributed by atoms with Crippen molar-refractivity contribution in [3.63, 3.8) is 0 Å². The normalized spacial score (nSPS) is 12.0. The van der Waals surface area contributed by atoms with Crippen LogP contribution in [0, 0.1) is 5.82 Å². The number of methoxy groups -OCH3 is 1. The molecule has 0 saturated carbocycles. The molecule has 112 valence electrons. The third-order valence-corrected chi connectivity index (χ3v) is 3.34. The van der Waals surface area contributed by atoms with E-state index in [1.54, 1.807) is 25.3 Å². The molecule has 0 radical (unpaired) electrons. The summed E-state index contributed by atoms with van der Waals surface area (Å²) in [6.07, 6.45) is 0. The van der Waals surface area contributed by atoms with Gasteiger partial charge in [0.05, 0.1) is 7.11 Å². The molecule has 2 N–H and O–H groups in total. The maximum absolute atomic E-state index is 13.7. The van der Waals surface area contributed by atoms with Gasteiger partial charge in [-0.25, -0.2) is 4.39 Å². The molecule has 0 amide bonds. The van der Waals surface area contributed by atoms with Gasteiger partial charge in [0.25, 0.3) is 0 Å². The minimum Gasteiger partial charge on any atom is -0.497 e. The summed E-state index contributed by atoms with van der Waals surface area (Å²) in [5.41, 5.74) is 7.18. The number of ether oxygens (including phenoxy) is 2. The minimum atomic E-state index is -0.396. The Morgan fingerprint density at radius 3 is 2.62 bits per heavy atom. The Labute approximate surface area is 128 Å². The van der Waals surface area contributed by atoms with Crippen LogP contribution in [0.2, 0.25) is 5.02 Å². The van der Waals surface area contributed by atoms with Gasteiger partial charge in [-0.2, -0.15) is 0 Å². The quantitative estimate of drug-likeness (QED) is 0.905. The van der Waals surface area contributed by atoms with E-state index < -0.39 is 5.82 Å². The topological polar surface area (TPSA) is 44.5 Å². The second-order valence-electron chi connectivity index (χ2n) is 4.72. The summed E-state index contributed by atoms with van der Waals surface area (Å²) in [7, 11) is 1.57. The summed E-state index contributed by atoms with van der Waals surface area (Å²) in [5.74, 6) is 0.845. The van der Waals surface area contributed by atoms with Crippen LogP contribution in [0.15, 0.2) is 36.4 Å². The number of nitrogens with two attached hydrogens (primary N) is 1. The van der Waals surface area contributed by atoms with Crippen LogP contribution in [0.1, 0.15) is 24.1 Å². The van der Waals surface area contributed by atoms with Gasteiger partial charge in [0.1, 0.15) is 23.9 Å². The van der Waals surface area contributed by atoms with Crippen LogP contribution in [-0.4, -0.2) is 7.11 Å². The Bertz CT molecular complexity index is 632. The fourth-order valence-corrected chi connectivity index (χ4v) is 2.10. The first-order chi connectivity index (χ1) is 10.0. The molecule has 0 aliphatic rings. The maximum atomic E-state index is 13.7. The molecule has 21 heavy (non-hydrogen) atoms. The number of halogens is 2. The van der Waals surface area contributed by atoms with Crippen LogP contribution in [0.25, 0.3) is 0 Å². The van der Waals surface area contributed by atoms with E-state index in [1.807, 2.05) is 19.1 Å². The van der Waals surface area contributed by atoms with Gasteiger partial charge in [0, 0.05) is 28.3 Å². The largest absolute Gasteiger partial charge is 0.497 e. The van der Waals surface area contributed by atoms with Gasteiger partial charge in [-0.15, -0.1) is 0 Å². The molecule has 0 aromatic heterocycles. The first-order valence-corrected chi connectivity index (χ1v) is 6.89. The highest BCUT2D eigenvalue weighted by atomic mass is 35.5. The van der Waals surface area contributed by atoms with Gasteiger partial charge in [0.15, 0.2) is 0 Å². The molecule has 0 spiro atoms. The third kappa shape index (κ3) is 3.86. The van der Waals surface area contributed by atoms with Crippen molar-refractivity contribution in [1.29, 1.82) is 0 Å². The van der Waals surface area contributed by atoms with E-state index in [1.165, 1.54) is 6.07 Å². The van der Waals surface area contributed by atoms with Crippen molar-refractivity contribution < 1.29 is 13.9 Å². The fraction of sp³-hybridized carbons (Fsp3) is 0.250. The zero-order chi connectivity index (χ0) is 15.4. The number of benzene rings is 2. The van der Waals surface area contributed by atoms with Gasteiger partial charge in [0.2, 0.25) is 0 Å². The summed E-state index contributed by atoms with van der Waals surface area (Å²) in [6, 6.07) is 9.70. The van der Waals surface area contributed by atoms with Gasteiger partial charge in [-0.05, 0) is 25.1 Å². The SMILES string of the molecule is COc1ccc(C(C)N)c(OCc2ccc(Cl)cc2F)c1. The van der Waals surface area contributed by atoms with E-state index >= 15 is 0 Å². The Balaban J connectivity index is 2.22. The average molecular weight is 310 g/mol. The van der Waals surface area contributed by atoms with Crippen molar-refractivity contribution in [2.45, 2.75) is 19.6 Å². The molecule has 1 atom stereocenters. The Hall–Kier alpha value is -1.78. The molecule has 0 heterocycles. The Morgan fingerprint density at radius 1 is 1.24 bits per heavy atom. The van der Waals surface area contributed by atoms with Crippen LogP contribution >= 0.6 is 11.6 Å². The minimum absolute atomic E-state index is 0.0931. The molecule has 5 heteroatoms. The number of rotatable bonds is 5. The van der Waals surface area contributed by atoms with Gasteiger partial charge in [-0.1, -0.05) is 23.7 Å². The maximum Gasteiger partial charge on any atom is 0.131 e. The van der Waals surface area contributed by atoms with Crippen LogP contribution < -0.4 is 15.2 Å². The first-order valence-electron chi connectivity index (χ1n) is 6.51. The average Bonchev–Trinajstić information content (AvgIpc) is 2.45. The lowest BCUT2D eigenvalue weighted by Crippen LogP contribution is -2.08. The molecule has 1 unspecified atom stereocenters. The van der Waals surface area contributed by atoms with E-state index in [2.05, 4.69) is 0 Å². The zero-order valence-corrected chi connectivity index (χ0v) is 12.7. The molecule has 0 bridgehead atoms. The highest BCUT2D eigenvalue weighted by molar-refractivity contribution is 6.30. The summed E-state index contributed by atoms with van der Waals surface area (Å²) in [5, 5.41) is 0.355. The third-order valence-electron chi connectivity index (χ3n) is 3.11. The highest BCUT2D eigenvalue weighted by Crippen LogP contribution is 2.29. The lowest BCUT2D eigenvalue weighted by molar-refractivity contribution is 0.293. The summed E-state index contributed by atoms with van der Waals surface area (Å²) >= 11 is 5.73. The highest BCUT2D eigenvalue weighted by Gasteiger charge is 2.11. The standard InChI is InChI=1S/C16H17ClFNO2/c1-10(19)14-6-5-13(20-2)8-16(14)21-9-11-3-4-12(17)7-15(11)18/h3-8,10H,9,19H2,1-2H3. The molecule has 2 aromatic carbocycles.